The highest BCUT2D eigenvalue weighted by Crippen LogP contribution is 2.30. The molecule has 1 fully saturated rings. The van der Waals surface area contributed by atoms with Gasteiger partial charge in [0.05, 0.1) is 24.1 Å². The second-order valence-corrected chi connectivity index (χ2v) is 4.06. The first-order chi connectivity index (χ1) is 9.15. The zero-order valence-electron chi connectivity index (χ0n) is 9.98. The van der Waals surface area contributed by atoms with Gasteiger partial charge in [0.2, 0.25) is 0 Å². The van der Waals surface area contributed by atoms with Gasteiger partial charge in [-0.2, -0.15) is 5.26 Å². The summed E-state index contributed by atoms with van der Waals surface area (Å²) < 4.78 is 5.20. The Bertz CT molecular complexity index is 552. The van der Waals surface area contributed by atoms with Crippen LogP contribution >= 0.6 is 0 Å². The minimum absolute atomic E-state index is 0.136. The second kappa shape index (κ2) is 5.46. The summed E-state index contributed by atoms with van der Waals surface area (Å²) in [5, 5.41) is 19.9. The zero-order chi connectivity index (χ0) is 13.8. The third-order valence-corrected chi connectivity index (χ3v) is 2.88. The number of ether oxygens (including phenoxy) is 1. The Morgan fingerprint density at radius 1 is 1.58 bits per heavy atom. The molecule has 1 aliphatic rings. The molecule has 98 valence electrons. The smallest absolute Gasteiger partial charge is 0.293 e. The highest BCUT2D eigenvalue weighted by molar-refractivity contribution is 5.79. The maximum Gasteiger partial charge on any atom is 0.293 e. The number of carbonyl (C=O) groups excluding carboxylic acids is 1. The molecule has 19 heavy (non-hydrogen) atoms. The Balaban J connectivity index is 2.36. The number of anilines is 1. The van der Waals surface area contributed by atoms with Crippen LogP contribution in [0.1, 0.15) is 10.4 Å². The number of carbonyl (C=O) groups is 1. The summed E-state index contributed by atoms with van der Waals surface area (Å²) in [6.45, 7) is 1.09. The van der Waals surface area contributed by atoms with Crippen molar-refractivity contribution in [3.63, 3.8) is 0 Å². The van der Waals surface area contributed by atoms with Crippen molar-refractivity contribution >= 4 is 17.7 Å². The fourth-order valence-corrected chi connectivity index (χ4v) is 1.97. The lowest BCUT2D eigenvalue weighted by Crippen LogP contribution is -2.42. The quantitative estimate of drug-likeness (QED) is 0.459. The summed E-state index contributed by atoms with van der Waals surface area (Å²) in [4.78, 5) is 22.9. The molecule has 0 N–H and O–H groups in total. The maximum atomic E-state index is 11.1. The number of nitriles is 1. The van der Waals surface area contributed by atoms with E-state index in [4.69, 9.17) is 10.00 Å². The largest absolute Gasteiger partial charge is 0.360 e. The lowest BCUT2D eigenvalue weighted by Gasteiger charge is -2.31. The van der Waals surface area contributed by atoms with Gasteiger partial charge in [0.15, 0.2) is 6.10 Å². The van der Waals surface area contributed by atoms with E-state index in [1.165, 1.54) is 18.2 Å². The first-order valence-electron chi connectivity index (χ1n) is 5.65. The number of benzene rings is 1. The van der Waals surface area contributed by atoms with Gasteiger partial charge >= 0.3 is 0 Å². The van der Waals surface area contributed by atoms with Crippen molar-refractivity contribution in [1.29, 1.82) is 5.26 Å². The van der Waals surface area contributed by atoms with Crippen molar-refractivity contribution in [3.05, 3.63) is 33.9 Å². The van der Waals surface area contributed by atoms with E-state index in [-0.39, 0.29) is 17.8 Å². The number of nitro groups is 1. The summed E-state index contributed by atoms with van der Waals surface area (Å²) in [5.74, 6) is 0. The van der Waals surface area contributed by atoms with Crippen LogP contribution in [0.3, 0.4) is 0 Å². The van der Waals surface area contributed by atoms with Crippen molar-refractivity contribution in [3.8, 4) is 6.07 Å². The van der Waals surface area contributed by atoms with Crippen molar-refractivity contribution in [2.24, 2.45) is 0 Å². The van der Waals surface area contributed by atoms with Crippen molar-refractivity contribution < 1.29 is 14.5 Å². The van der Waals surface area contributed by atoms with Gasteiger partial charge in [0, 0.05) is 18.2 Å². The molecule has 1 saturated heterocycles. The fraction of sp³-hybridized carbons (Fsp3) is 0.333. The molecule has 0 amide bonds. The van der Waals surface area contributed by atoms with E-state index in [9.17, 15) is 14.9 Å². The molecule has 1 aromatic carbocycles. The molecular formula is C12H11N3O4. The molecule has 7 heteroatoms. The Hall–Kier alpha value is -2.46. The lowest BCUT2D eigenvalue weighted by atomic mass is 10.1. The van der Waals surface area contributed by atoms with E-state index >= 15 is 0 Å². The van der Waals surface area contributed by atoms with Crippen LogP contribution in [-0.2, 0) is 4.74 Å². The van der Waals surface area contributed by atoms with E-state index in [0.717, 1.165) is 0 Å². The third-order valence-electron chi connectivity index (χ3n) is 2.88. The first-order valence-corrected chi connectivity index (χ1v) is 5.65. The monoisotopic (exact) mass is 261 g/mol. The lowest BCUT2D eigenvalue weighted by molar-refractivity contribution is -0.384. The molecule has 1 heterocycles. The second-order valence-electron chi connectivity index (χ2n) is 4.06. The van der Waals surface area contributed by atoms with Crippen LogP contribution in [0.15, 0.2) is 18.2 Å². The normalized spacial score (nSPS) is 18.7. The van der Waals surface area contributed by atoms with Gasteiger partial charge in [0.25, 0.3) is 5.69 Å². The third kappa shape index (κ3) is 2.69. The molecule has 0 saturated carbocycles. The van der Waals surface area contributed by atoms with Crippen LogP contribution in [-0.4, -0.2) is 37.0 Å². The summed E-state index contributed by atoms with van der Waals surface area (Å²) >= 11 is 0. The number of rotatable bonds is 3. The van der Waals surface area contributed by atoms with Gasteiger partial charge in [-0.05, 0) is 12.1 Å². The number of nitro benzene ring substituents is 1. The van der Waals surface area contributed by atoms with Crippen LogP contribution < -0.4 is 4.90 Å². The molecule has 1 aliphatic heterocycles. The van der Waals surface area contributed by atoms with Crippen molar-refractivity contribution in [2.45, 2.75) is 6.10 Å². The number of aldehydes is 1. The van der Waals surface area contributed by atoms with Crippen LogP contribution in [0, 0.1) is 21.4 Å². The van der Waals surface area contributed by atoms with Gasteiger partial charge in [0.1, 0.15) is 12.0 Å². The Labute approximate surface area is 109 Å². The molecule has 1 unspecified atom stereocenters. The number of hydrogen-bond acceptors (Lipinski definition) is 6. The highest BCUT2D eigenvalue weighted by atomic mass is 16.6. The SMILES string of the molecule is N#CC1CN(c2ccc(C=O)cc2[N+](=O)[O-])CCO1. The van der Waals surface area contributed by atoms with Crippen molar-refractivity contribution in [1.82, 2.24) is 0 Å². The molecule has 0 aromatic heterocycles. The number of hydrogen-bond donors (Lipinski definition) is 0. The van der Waals surface area contributed by atoms with E-state index in [1.54, 1.807) is 4.90 Å². The minimum Gasteiger partial charge on any atom is -0.360 e. The molecule has 7 nitrogen and oxygen atoms in total. The minimum atomic E-state index is -0.598. The van der Waals surface area contributed by atoms with Gasteiger partial charge in [-0.15, -0.1) is 0 Å². The van der Waals surface area contributed by atoms with E-state index < -0.39 is 11.0 Å². The van der Waals surface area contributed by atoms with Gasteiger partial charge in [-0.1, -0.05) is 0 Å². The Morgan fingerprint density at radius 3 is 3.00 bits per heavy atom. The number of nitrogens with zero attached hydrogens (tertiary/aromatic N) is 3. The summed E-state index contributed by atoms with van der Waals surface area (Å²) in [6, 6.07) is 6.27. The Morgan fingerprint density at radius 2 is 2.37 bits per heavy atom. The molecule has 0 aliphatic carbocycles. The molecule has 1 aromatic rings. The number of morpholine rings is 1. The fourth-order valence-electron chi connectivity index (χ4n) is 1.97. The average molecular weight is 261 g/mol. The Kier molecular flexibility index (Phi) is 3.73. The van der Waals surface area contributed by atoms with Crippen LogP contribution in [0.4, 0.5) is 11.4 Å². The molecule has 1 atom stereocenters. The summed E-state index contributed by atoms with van der Waals surface area (Å²) in [6.07, 6.45) is -0.0344. The topological polar surface area (TPSA) is 96.5 Å². The first kappa shape index (κ1) is 13.0. The predicted octanol–water partition coefficient (Wildman–Crippen LogP) is 1.14. The molecule has 2 rings (SSSR count). The van der Waals surface area contributed by atoms with Crippen LogP contribution in [0.2, 0.25) is 0 Å². The molecule has 0 radical (unpaired) electrons. The summed E-state index contributed by atoms with van der Waals surface area (Å²) in [7, 11) is 0. The standard InChI is InChI=1S/C12H11N3O4/c13-6-10-7-14(3-4-19-10)11-2-1-9(8-16)5-12(11)15(17)18/h1-2,5,8,10H,3-4,7H2. The molecule has 0 bridgehead atoms. The molecule has 0 spiro atoms. The predicted molar refractivity (Wildman–Crippen MR) is 66.0 cm³/mol. The summed E-state index contributed by atoms with van der Waals surface area (Å²) in [5.41, 5.74) is 0.517. The van der Waals surface area contributed by atoms with Crippen LogP contribution in [0.5, 0.6) is 0 Å². The van der Waals surface area contributed by atoms with E-state index in [1.807, 2.05) is 6.07 Å². The van der Waals surface area contributed by atoms with Crippen molar-refractivity contribution in [2.75, 3.05) is 24.6 Å². The van der Waals surface area contributed by atoms with Gasteiger partial charge in [-0.25, -0.2) is 0 Å². The van der Waals surface area contributed by atoms with E-state index in [0.29, 0.717) is 25.1 Å². The maximum absolute atomic E-state index is 11.1. The van der Waals surface area contributed by atoms with Gasteiger partial charge < -0.3 is 9.64 Å². The highest BCUT2D eigenvalue weighted by Gasteiger charge is 2.26. The van der Waals surface area contributed by atoms with E-state index in [2.05, 4.69) is 0 Å². The van der Waals surface area contributed by atoms with Crippen LogP contribution in [0.25, 0.3) is 0 Å². The average Bonchev–Trinajstić information content (AvgIpc) is 2.46. The van der Waals surface area contributed by atoms with Gasteiger partial charge in [-0.3, -0.25) is 14.9 Å². The zero-order valence-corrected chi connectivity index (χ0v) is 9.98. The molecular weight excluding hydrogens is 250 g/mol.